The highest BCUT2D eigenvalue weighted by Gasteiger charge is 2.27. The third-order valence-electron chi connectivity index (χ3n) is 3.09. The normalized spacial score (nSPS) is 13.7. The average Bonchev–Trinajstić information content (AvgIpc) is 2.95. The fourth-order valence-corrected chi connectivity index (χ4v) is 3.57. The molecule has 18 heavy (non-hydrogen) atoms. The summed E-state index contributed by atoms with van der Waals surface area (Å²) < 4.78 is 0.970. The number of carbonyl (C=O) groups is 1. The molecule has 2 heterocycles. The van der Waals surface area contributed by atoms with Gasteiger partial charge in [-0.25, -0.2) is 0 Å². The Morgan fingerprint density at radius 2 is 2.17 bits per heavy atom. The average molecular weight is 323 g/mol. The molecule has 0 aliphatic carbocycles. The fourth-order valence-electron chi connectivity index (χ4n) is 2.23. The minimum Gasteiger partial charge on any atom is -0.398 e. The van der Waals surface area contributed by atoms with E-state index in [1.807, 2.05) is 35.2 Å². The van der Waals surface area contributed by atoms with Crippen LogP contribution in [0, 0.1) is 0 Å². The van der Waals surface area contributed by atoms with Crippen molar-refractivity contribution in [2.24, 2.45) is 0 Å². The Hall–Kier alpha value is -1.33. The van der Waals surface area contributed by atoms with E-state index in [9.17, 15) is 4.79 Å². The molecule has 3 nitrogen and oxygen atoms in total. The Labute approximate surface area is 117 Å². The second-order valence-electron chi connectivity index (χ2n) is 4.16. The highest BCUT2D eigenvalue weighted by atomic mass is 79.9. The molecule has 0 saturated heterocycles. The van der Waals surface area contributed by atoms with Gasteiger partial charge in [0.2, 0.25) is 0 Å². The number of thiophene rings is 1. The van der Waals surface area contributed by atoms with Crippen LogP contribution in [0.25, 0.3) is 0 Å². The number of hydrogen-bond acceptors (Lipinski definition) is 3. The number of amides is 1. The smallest absolute Gasteiger partial charge is 0.268 e. The van der Waals surface area contributed by atoms with Crippen LogP contribution in [0.2, 0.25) is 0 Å². The van der Waals surface area contributed by atoms with Crippen molar-refractivity contribution in [2.45, 2.75) is 6.42 Å². The Kier molecular flexibility index (Phi) is 2.87. The summed E-state index contributed by atoms with van der Waals surface area (Å²) in [6.07, 6.45) is 0.834. The molecule has 0 saturated carbocycles. The second kappa shape index (κ2) is 4.40. The van der Waals surface area contributed by atoms with E-state index in [1.165, 1.54) is 11.3 Å². The molecule has 3 rings (SSSR count). The predicted molar refractivity (Wildman–Crippen MR) is 78.3 cm³/mol. The fraction of sp³-hybridized carbons (Fsp3) is 0.154. The summed E-state index contributed by atoms with van der Waals surface area (Å²) in [4.78, 5) is 15.0. The zero-order valence-corrected chi connectivity index (χ0v) is 11.9. The van der Waals surface area contributed by atoms with E-state index in [0.29, 0.717) is 6.54 Å². The molecule has 0 atom stereocenters. The largest absolute Gasteiger partial charge is 0.398 e. The molecule has 92 valence electrons. The first-order chi connectivity index (χ1) is 8.66. The van der Waals surface area contributed by atoms with Crippen LogP contribution in [0.1, 0.15) is 15.2 Å². The first-order valence-corrected chi connectivity index (χ1v) is 7.22. The summed E-state index contributed by atoms with van der Waals surface area (Å²) in [5.74, 6) is 0.0510. The molecule has 0 unspecified atom stereocenters. The molecule has 1 aromatic heterocycles. The van der Waals surface area contributed by atoms with Crippen LogP contribution in [0.4, 0.5) is 11.4 Å². The Bertz CT molecular complexity index is 623. The van der Waals surface area contributed by atoms with Gasteiger partial charge in [0.25, 0.3) is 5.91 Å². The first-order valence-electron chi connectivity index (χ1n) is 5.61. The SMILES string of the molecule is Nc1cccc2c1CCN2C(=O)c1ccc(Br)s1. The summed E-state index contributed by atoms with van der Waals surface area (Å²) in [5, 5.41) is 0. The molecule has 0 radical (unpaired) electrons. The molecule has 0 spiro atoms. The van der Waals surface area contributed by atoms with Crippen LogP contribution < -0.4 is 10.6 Å². The van der Waals surface area contributed by atoms with Crippen molar-refractivity contribution in [2.75, 3.05) is 17.2 Å². The number of nitrogens with two attached hydrogens (primary N) is 1. The monoisotopic (exact) mass is 322 g/mol. The van der Waals surface area contributed by atoms with Crippen molar-refractivity contribution >= 4 is 44.5 Å². The van der Waals surface area contributed by atoms with Crippen molar-refractivity contribution in [3.8, 4) is 0 Å². The number of nitrogen functional groups attached to an aromatic ring is 1. The van der Waals surface area contributed by atoms with E-state index in [1.54, 1.807) is 0 Å². The number of nitrogens with zero attached hydrogens (tertiary/aromatic N) is 1. The molecule has 1 amide bonds. The summed E-state index contributed by atoms with van der Waals surface area (Å²) in [5.41, 5.74) is 8.74. The van der Waals surface area contributed by atoms with Crippen molar-refractivity contribution < 1.29 is 4.79 Å². The van der Waals surface area contributed by atoms with Gasteiger partial charge in [0.1, 0.15) is 0 Å². The summed E-state index contributed by atoms with van der Waals surface area (Å²) in [6.45, 7) is 0.706. The Morgan fingerprint density at radius 3 is 2.89 bits per heavy atom. The van der Waals surface area contributed by atoms with Gasteiger partial charge in [0, 0.05) is 23.5 Å². The third-order valence-corrected chi connectivity index (χ3v) is 4.70. The maximum Gasteiger partial charge on any atom is 0.268 e. The zero-order chi connectivity index (χ0) is 12.7. The third kappa shape index (κ3) is 1.83. The Morgan fingerprint density at radius 1 is 1.33 bits per heavy atom. The first kappa shape index (κ1) is 11.7. The minimum atomic E-state index is 0.0510. The maximum atomic E-state index is 12.4. The number of halogens is 1. The van der Waals surface area contributed by atoms with Gasteiger partial charge in [-0.05, 0) is 46.6 Å². The van der Waals surface area contributed by atoms with Crippen LogP contribution in [-0.4, -0.2) is 12.5 Å². The number of fused-ring (bicyclic) bond motifs is 1. The van der Waals surface area contributed by atoms with E-state index < -0.39 is 0 Å². The van der Waals surface area contributed by atoms with E-state index in [-0.39, 0.29) is 5.91 Å². The topological polar surface area (TPSA) is 46.3 Å². The number of rotatable bonds is 1. The van der Waals surface area contributed by atoms with Crippen molar-refractivity contribution in [1.29, 1.82) is 0 Å². The van der Waals surface area contributed by atoms with Crippen LogP contribution in [0.15, 0.2) is 34.1 Å². The van der Waals surface area contributed by atoms with Gasteiger partial charge in [-0.2, -0.15) is 0 Å². The van der Waals surface area contributed by atoms with Gasteiger partial charge < -0.3 is 10.6 Å². The van der Waals surface area contributed by atoms with E-state index in [4.69, 9.17) is 5.73 Å². The highest BCUT2D eigenvalue weighted by molar-refractivity contribution is 9.11. The minimum absolute atomic E-state index is 0.0510. The molecule has 2 N–H and O–H groups in total. The number of carbonyl (C=O) groups excluding carboxylic acids is 1. The van der Waals surface area contributed by atoms with Gasteiger partial charge >= 0.3 is 0 Å². The lowest BCUT2D eigenvalue weighted by Crippen LogP contribution is -2.28. The van der Waals surface area contributed by atoms with Gasteiger partial charge in [-0.15, -0.1) is 11.3 Å². The van der Waals surface area contributed by atoms with Crippen LogP contribution in [-0.2, 0) is 6.42 Å². The Balaban J connectivity index is 1.97. The summed E-state index contributed by atoms with van der Waals surface area (Å²) >= 11 is 4.84. The molecule has 1 aromatic carbocycles. The lowest BCUT2D eigenvalue weighted by atomic mass is 10.1. The lowest BCUT2D eigenvalue weighted by Gasteiger charge is -2.16. The van der Waals surface area contributed by atoms with E-state index >= 15 is 0 Å². The van der Waals surface area contributed by atoms with Gasteiger partial charge in [0.05, 0.1) is 8.66 Å². The van der Waals surface area contributed by atoms with Crippen molar-refractivity contribution in [3.05, 3.63) is 44.6 Å². The quantitative estimate of drug-likeness (QED) is 0.819. The molecule has 1 aliphatic heterocycles. The van der Waals surface area contributed by atoms with Crippen molar-refractivity contribution in [3.63, 3.8) is 0 Å². The molecule has 1 aliphatic rings. The number of hydrogen-bond donors (Lipinski definition) is 1. The molecule has 0 bridgehead atoms. The van der Waals surface area contributed by atoms with Crippen LogP contribution in [0.5, 0.6) is 0 Å². The zero-order valence-electron chi connectivity index (χ0n) is 9.52. The standard InChI is InChI=1S/C13H11BrN2OS/c14-12-5-4-11(18-12)13(17)16-7-6-8-9(15)2-1-3-10(8)16/h1-5H,6-7,15H2. The molecule has 5 heteroatoms. The maximum absolute atomic E-state index is 12.4. The van der Waals surface area contributed by atoms with Crippen LogP contribution >= 0.6 is 27.3 Å². The second-order valence-corrected chi connectivity index (χ2v) is 6.62. The van der Waals surface area contributed by atoms with Crippen LogP contribution in [0.3, 0.4) is 0 Å². The molecular formula is C13H11BrN2OS. The van der Waals surface area contributed by atoms with E-state index in [2.05, 4.69) is 15.9 Å². The van der Waals surface area contributed by atoms with Crippen molar-refractivity contribution in [1.82, 2.24) is 0 Å². The van der Waals surface area contributed by atoms with Gasteiger partial charge in [-0.1, -0.05) is 6.07 Å². The highest BCUT2D eigenvalue weighted by Crippen LogP contribution is 2.34. The number of anilines is 2. The van der Waals surface area contributed by atoms with Gasteiger partial charge in [-0.3, -0.25) is 4.79 Å². The summed E-state index contributed by atoms with van der Waals surface area (Å²) in [7, 11) is 0. The number of benzene rings is 1. The molecule has 2 aromatic rings. The van der Waals surface area contributed by atoms with E-state index in [0.717, 1.165) is 32.0 Å². The molecule has 0 fully saturated rings. The summed E-state index contributed by atoms with van der Waals surface area (Å²) in [6, 6.07) is 9.48. The predicted octanol–water partition coefficient (Wildman–Crippen LogP) is 3.30. The lowest BCUT2D eigenvalue weighted by molar-refractivity contribution is 0.0993. The van der Waals surface area contributed by atoms with Gasteiger partial charge in [0.15, 0.2) is 0 Å². The molecular weight excluding hydrogens is 312 g/mol.